The predicted octanol–water partition coefficient (Wildman–Crippen LogP) is 2.90. The molecule has 0 fully saturated rings. The van der Waals surface area contributed by atoms with Crippen LogP contribution in [-0.2, 0) is 6.42 Å². The van der Waals surface area contributed by atoms with E-state index in [9.17, 15) is 4.79 Å². The summed E-state index contributed by atoms with van der Waals surface area (Å²) in [6, 6.07) is 11.9. The van der Waals surface area contributed by atoms with Crippen molar-refractivity contribution in [2.24, 2.45) is 10.9 Å². The molecule has 2 heterocycles. The number of aryl methyl sites for hydroxylation is 1. The van der Waals surface area contributed by atoms with E-state index >= 15 is 0 Å². The van der Waals surface area contributed by atoms with Gasteiger partial charge < -0.3 is 5.32 Å². The molecule has 0 saturated heterocycles. The molecule has 104 valence electrons. The largest absolute Gasteiger partial charge is 0.341 e. The molecule has 0 saturated carbocycles. The number of urea groups is 1. The Morgan fingerprint density at radius 3 is 2.90 bits per heavy atom. The van der Waals surface area contributed by atoms with Crippen molar-refractivity contribution in [3.05, 3.63) is 65.5 Å². The molecule has 2 amide bonds. The highest BCUT2D eigenvalue weighted by Gasteiger charge is 2.37. The van der Waals surface area contributed by atoms with E-state index < -0.39 is 0 Å². The van der Waals surface area contributed by atoms with Gasteiger partial charge in [-0.3, -0.25) is 4.98 Å². The van der Waals surface area contributed by atoms with Gasteiger partial charge in [-0.1, -0.05) is 30.3 Å². The van der Waals surface area contributed by atoms with Crippen molar-refractivity contribution in [3.8, 4) is 0 Å². The second-order valence-corrected chi connectivity index (χ2v) is 5.51. The Morgan fingerprint density at radius 2 is 2.05 bits per heavy atom. The highest BCUT2D eigenvalue weighted by atomic mass is 16.2. The number of carbonyl (C=O) groups excluding carboxylic acids is 1. The van der Waals surface area contributed by atoms with Crippen LogP contribution >= 0.6 is 0 Å². The molecule has 4 heteroatoms. The molecule has 2 unspecified atom stereocenters. The van der Waals surface area contributed by atoms with Crippen LogP contribution in [0.1, 0.15) is 29.2 Å². The molecule has 1 aromatic heterocycles. The van der Waals surface area contributed by atoms with Crippen molar-refractivity contribution in [1.29, 1.82) is 0 Å². The number of amides is 2. The van der Waals surface area contributed by atoms with E-state index in [2.05, 4.69) is 27.4 Å². The standard InChI is InChI=1S/C17H15N3O/c21-17-19-15(12-5-3-9-18-10-12)14-8-7-11-4-1-2-6-13(11)16(14)20-17/h1-6,9-10,14-15H,7-8H2,(H,19,21). The summed E-state index contributed by atoms with van der Waals surface area (Å²) in [4.78, 5) is 20.4. The first-order valence-electron chi connectivity index (χ1n) is 7.20. The highest BCUT2D eigenvalue weighted by Crippen LogP contribution is 2.36. The summed E-state index contributed by atoms with van der Waals surface area (Å²) in [7, 11) is 0. The van der Waals surface area contributed by atoms with Crippen molar-refractivity contribution >= 4 is 11.7 Å². The third kappa shape index (κ3) is 2.03. The van der Waals surface area contributed by atoms with Gasteiger partial charge in [0.25, 0.3) is 0 Å². The number of hydrogen-bond donors (Lipinski definition) is 1. The van der Waals surface area contributed by atoms with Gasteiger partial charge in [0.05, 0.1) is 11.8 Å². The Kier molecular flexibility index (Phi) is 2.81. The van der Waals surface area contributed by atoms with Crippen LogP contribution in [0.5, 0.6) is 0 Å². The summed E-state index contributed by atoms with van der Waals surface area (Å²) in [5, 5.41) is 3.00. The summed E-state index contributed by atoms with van der Waals surface area (Å²) < 4.78 is 0. The monoisotopic (exact) mass is 277 g/mol. The minimum atomic E-state index is -0.258. The molecule has 2 aliphatic rings. The van der Waals surface area contributed by atoms with E-state index in [-0.39, 0.29) is 18.0 Å². The number of aliphatic imine (C=N–C) groups is 1. The van der Waals surface area contributed by atoms with Gasteiger partial charge in [0.15, 0.2) is 0 Å². The van der Waals surface area contributed by atoms with Crippen LogP contribution in [-0.4, -0.2) is 16.7 Å². The molecule has 1 aliphatic heterocycles. The molecule has 4 rings (SSSR count). The second kappa shape index (κ2) is 4.81. The van der Waals surface area contributed by atoms with E-state index in [1.807, 2.05) is 30.5 Å². The van der Waals surface area contributed by atoms with Gasteiger partial charge in [0, 0.05) is 18.3 Å². The molecule has 0 spiro atoms. The van der Waals surface area contributed by atoms with Gasteiger partial charge in [-0.05, 0) is 35.6 Å². The smallest absolute Gasteiger partial charge is 0.329 e. The number of aromatic nitrogens is 1. The zero-order valence-corrected chi connectivity index (χ0v) is 11.5. The van der Waals surface area contributed by atoms with Crippen molar-refractivity contribution in [1.82, 2.24) is 10.3 Å². The Labute approximate surface area is 122 Å². The fraction of sp³-hybridized carbons (Fsp3) is 0.235. The Morgan fingerprint density at radius 1 is 1.14 bits per heavy atom. The average Bonchev–Trinajstić information content (AvgIpc) is 2.55. The summed E-state index contributed by atoms with van der Waals surface area (Å²) in [5.74, 6) is 0.224. The number of nitrogens with zero attached hydrogens (tertiary/aromatic N) is 2. The molecule has 21 heavy (non-hydrogen) atoms. The number of pyridine rings is 1. The van der Waals surface area contributed by atoms with Gasteiger partial charge >= 0.3 is 6.03 Å². The maximum absolute atomic E-state index is 12.0. The van der Waals surface area contributed by atoms with E-state index in [0.717, 1.165) is 29.7 Å². The van der Waals surface area contributed by atoms with Crippen LogP contribution in [0.3, 0.4) is 0 Å². The molecular weight excluding hydrogens is 262 g/mol. The molecule has 1 N–H and O–H groups in total. The molecule has 0 radical (unpaired) electrons. The van der Waals surface area contributed by atoms with Gasteiger partial charge in [-0.2, -0.15) is 4.99 Å². The SMILES string of the molecule is O=C1N=C2c3ccccc3CCC2C(c2cccnc2)N1. The van der Waals surface area contributed by atoms with Crippen molar-refractivity contribution in [2.45, 2.75) is 18.9 Å². The van der Waals surface area contributed by atoms with E-state index in [1.54, 1.807) is 6.20 Å². The first-order valence-corrected chi connectivity index (χ1v) is 7.20. The normalized spacial score (nSPS) is 23.6. The quantitative estimate of drug-likeness (QED) is 0.871. The molecule has 1 aromatic carbocycles. The molecule has 2 atom stereocenters. The number of carbonyl (C=O) groups is 1. The lowest BCUT2D eigenvalue weighted by Crippen LogP contribution is -2.43. The van der Waals surface area contributed by atoms with E-state index in [0.29, 0.717) is 0 Å². The van der Waals surface area contributed by atoms with Crippen molar-refractivity contribution in [2.75, 3.05) is 0 Å². The van der Waals surface area contributed by atoms with Crippen molar-refractivity contribution in [3.63, 3.8) is 0 Å². The Bertz CT molecular complexity index is 724. The average molecular weight is 277 g/mol. The number of benzene rings is 1. The Hall–Kier alpha value is -2.49. The van der Waals surface area contributed by atoms with Crippen LogP contribution in [0.4, 0.5) is 4.79 Å². The lowest BCUT2D eigenvalue weighted by atomic mass is 9.76. The van der Waals surface area contributed by atoms with Gasteiger partial charge in [-0.25, -0.2) is 4.79 Å². The van der Waals surface area contributed by atoms with Gasteiger partial charge in [0.1, 0.15) is 0 Å². The molecular formula is C17H15N3O. The maximum Gasteiger partial charge on any atom is 0.341 e. The third-order valence-corrected chi connectivity index (χ3v) is 4.32. The first-order chi connectivity index (χ1) is 10.3. The predicted molar refractivity (Wildman–Crippen MR) is 80.3 cm³/mol. The fourth-order valence-electron chi connectivity index (χ4n) is 3.35. The summed E-state index contributed by atoms with van der Waals surface area (Å²) in [6.07, 6.45) is 5.59. The molecule has 4 nitrogen and oxygen atoms in total. The summed E-state index contributed by atoms with van der Waals surface area (Å²) >= 11 is 0. The molecule has 1 aliphatic carbocycles. The van der Waals surface area contributed by atoms with Crippen LogP contribution in [0.15, 0.2) is 53.8 Å². The van der Waals surface area contributed by atoms with Crippen LogP contribution in [0.2, 0.25) is 0 Å². The van der Waals surface area contributed by atoms with E-state index in [1.165, 1.54) is 5.56 Å². The van der Waals surface area contributed by atoms with E-state index in [4.69, 9.17) is 0 Å². The first kappa shape index (κ1) is 12.3. The molecule has 0 bridgehead atoms. The van der Waals surface area contributed by atoms with Gasteiger partial charge in [-0.15, -0.1) is 0 Å². The maximum atomic E-state index is 12.0. The minimum absolute atomic E-state index is 0.0351. The Balaban J connectivity index is 1.81. The van der Waals surface area contributed by atoms with Crippen LogP contribution in [0.25, 0.3) is 0 Å². The topological polar surface area (TPSA) is 54.4 Å². The second-order valence-electron chi connectivity index (χ2n) is 5.51. The zero-order chi connectivity index (χ0) is 14.2. The minimum Gasteiger partial charge on any atom is -0.329 e. The summed E-state index contributed by atoms with van der Waals surface area (Å²) in [5.41, 5.74) is 4.38. The highest BCUT2D eigenvalue weighted by molar-refractivity contribution is 6.11. The van der Waals surface area contributed by atoms with Gasteiger partial charge in [0.2, 0.25) is 0 Å². The number of nitrogens with one attached hydrogen (secondary N) is 1. The zero-order valence-electron chi connectivity index (χ0n) is 11.5. The number of hydrogen-bond acceptors (Lipinski definition) is 2. The van der Waals surface area contributed by atoms with Crippen LogP contribution < -0.4 is 5.32 Å². The lowest BCUT2D eigenvalue weighted by Gasteiger charge is -2.36. The summed E-state index contributed by atoms with van der Waals surface area (Å²) in [6.45, 7) is 0. The number of rotatable bonds is 1. The van der Waals surface area contributed by atoms with Crippen LogP contribution in [0, 0.1) is 5.92 Å². The van der Waals surface area contributed by atoms with Crippen molar-refractivity contribution < 1.29 is 4.79 Å². The third-order valence-electron chi connectivity index (χ3n) is 4.32. The number of fused-ring (bicyclic) bond motifs is 3. The lowest BCUT2D eigenvalue weighted by molar-refractivity contribution is 0.239. The molecule has 2 aromatic rings. The fourth-order valence-corrected chi connectivity index (χ4v) is 3.35.